The van der Waals surface area contributed by atoms with Gasteiger partial charge in [-0.15, -0.1) is 0 Å². The number of aryl methyl sites for hydroxylation is 1. The molecule has 0 spiro atoms. The zero-order valence-electron chi connectivity index (χ0n) is 19.6. The van der Waals surface area contributed by atoms with E-state index in [1.165, 1.54) is 12.0 Å². The molecule has 1 unspecified atom stereocenters. The van der Waals surface area contributed by atoms with Crippen LogP contribution in [0.25, 0.3) is 0 Å². The molecule has 2 N–H and O–H groups in total. The number of rotatable bonds is 9. The summed E-state index contributed by atoms with van der Waals surface area (Å²) in [5, 5.41) is 6.61. The number of amides is 4. The number of hydrogen-bond acceptors (Lipinski definition) is 6. The van der Waals surface area contributed by atoms with Crippen LogP contribution in [0.4, 0.5) is 15.3 Å². The fraction of sp³-hybridized carbons (Fsp3) is 0.375. The van der Waals surface area contributed by atoms with Gasteiger partial charge in [-0.05, 0) is 55.3 Å². The van der Waals surface area contributed by atoms with E-state index in [0.29, 0.717) is 17.3 Å². The van der Waals surface area contributed by atoms with Crippen LogP contribution in [-0.2, 0) is 16.1 Å². The molecule has 182 valence electrons. The molecule has 0 radical (unpaired) electrons. The van der Waals surface area contributed by atoms with Gasteiger partial charge in [-0.2, -0.15) is 0 Å². The maximum absolute atomic E-state index is 13.4. The van der Waals surface area contributed by atoms with Crippen molar-refractivity contribution in [3.63, 3.8) is 0 Å². The fourth-order valence-corrected chi connectivity index (χ4v) is 3.74. The summed E-state index contributed by atoms with van der Waals surface area (Å²) >= 11 is 6.00. The third kappa shape index (κ3) is 5.91. The number of carbonyl (C=O) groups is 3. The Labute approximate surface area is 203 Å². The normalized spacial score (nSPS) is 16.7. The third-order valence-electron chi connectivity index (χ3n) is 5.40. The predicted octanol–water partition coefficient (Wildman–Crippen LogP) is 4.20. The van der Waals surface area contributed by atoms with E-state index in [2.05, 4.69) is 10.6 Å². The molecule has 1 heterocycles. The number of methoxy groups -OCH3 is 1. The van der Waals surface area contributed by atoms with Crippen molar-refractivity contribution in [2.45, 2.75) is 33.6 Å². The van der Waals surface area contributed by atoms with Crippen LogP contribution in [0.3, 0.4) is 0 Å². The van der Waals surface area contributed by atoms with E-state index in [1.807, 2.05) is 44.2 Å². The second-order valence-corrected chi connectivity index (χ2v) is 8.42. The van der Waals surface area contributed by atoms with Crippen LogP contribution >= 0.6 is 11.6 Å². The molecule has 0 bridgehead atoms. The minimum Gasteiger partial charge on any atom is -0.494 e. The van der Waals surface area contributed by atoms with E-state index in [4.69, 9.17) is 21.1 Å². The topological polar surface area (TPSA) is 100 Å². The first-order valence-corrected chi connectivity index (χ1v) is 11.3. The van der Waals surface area contributed by atoms with Crippen molar-refractivity contribution in [3.8, 4) is 5.75 Å². The third-order valence-corrected chi connectivity index (χ3v) is 5.65. The number of urea groups is 2. The Bertz CT molecular complexity index is 1050. The Morgan fingerprint density at radius 3 is 2.53 bits per heavy atom. The average Bonchev–Trinajstić information content (AvgIpc) is 2.81. The fourth-order valence-electron chi connectivity index (χ4n) is 3.61. The lowest BCUT2D eigenvalue weighted by Crippen LogP contribution is -2.67. The molecule has 2 atom stereocenters. The largest absolute Gasteiger partial charge is 0.494 e. The summed E-state index contributed by atoms with van der Waals surface area (Å²) in [5.41, 5.74) is 2.44. The average molecular weight is 489 g/mol. The standard InChI is InChI=1S/C24H29ClN4O5/c1-5-34-20-11-10-19(12-15(20)2)26-22-27-23(31)29(13-16(3)21(30)33-4)24(32)28(22)14-17-6-8-18(25)9-7-17/h6-12,16,22,26H,5,13-14H2,1-4H3,(H,27,31)/t16-,22?/m0/s1. The van der Waals surface area contributed by atoms with Crippen LogP contribution in [0.15, 0.2) is 42.5 Å². The zero-order chi connectivity index (χ0) is 24.8. The number of halogens is 1. The maximum Gasteiger partial charge on any atom is 0.331 e. The number of imide groups is 1. The second-order valence-electron chi connectivity index (χ2n) is 7.98. The minimum absolute atomic E-state index is 0.108. The van der Waals surface area contributed by atoms with E-state index >= 15 is 0 Å². The van der Waals surface area contributed by atoms with Crippen molar-refractivity contribution in [1.82, 2.24) is 15.1 Å². The monoisotopic (exact) mass is 488 g/mol. The van der Waals surface area contributed by atoms with Crippen molar-refractivity contribution >= 4 is 35.3 Å². The summed E-state index contributed by atoms with van der Waals surface area (Å²) in [6.07, 6.45) is -0.822. The molecule has 34 heavy (non-hydrogen) atoms. The predicted molar refractivity (Wildman–Crippen MR) is 129 cm³/mol. The van der Waals surface area contributed by atoms with E-state index in [-0.39, 0.29) is 13.1 Å². The molecule has 3 rings (SSSR count). The van der Waals surface area contributed by atoms with Gasteiger partial charge in [-0.1, -0.05) is 30.7 Å². The maximum atomic E-state index is 13.4. The molecule has 1 saturated heterocycles. The first-order chi connectivity index (χ1) is 16.2. The van der Waals surface area contributed by atoms with Gasteiger partial charge in [-0.3, -0.25) is 15.0 Å². The van der Waals surface area contributed by atoms with Crippen LogP contribution in [0, 0.1) is 12.8 Å². The number of ether oxygens (including phenoxy) is 2. The van der Waals surface area contributed by atoms with Crippen LogP contribution in [-0.4, -0.2) is 54.4 Å². The minimum atomic E-state index is -0.822. The molecule has 1 aliphatic rings. The molecule has 0 aliphatic carbocycles. The summed E-state index contributed by atoms with van der Waals surface area (Å²) in [5.74, 6) is -0.414. The van der Waals surface area contributed by atoms with E-state index in [1.54, 1.807) is 19.1 Å². The van der Waals surface area contributed by atoms with Crippen molar-refractivity contribution in [2.24, 2.45) is 5.92 Å². The molecular weight excluding hydrogens is 460 g/mol. The van der Waals surface area contributed by atoms with Crippen LogP contribution in [0.1, 0.15) is 25.0 Å². The molecule has 2 aromatic carbocycles. The van der Waals surface area contributed by atoms with Crippen molar-refractivity contribution in [1.29, 1.82) is 0 Å². The Morgan fingerprint density at radius 2 is 1.91 bits per heavy atom. The van der Waals surface area contributed by atoms with E-state index < -0.39 is 30.2 Å². The quantitative estimate of drug-likeness (QED) is 0.513. The van der Waals surface area contributed by atoms with Crippen LogP contribution in [0.5, 0.6) is 5.75 Å². The summed E-state index contributed by atoms with van der Waals surface area (Å²) < 4.78 is 10.3. The van der Waals surface area contributed by atoms with Gasteiger partial charge in [0.1, 0.15) is 5.75 Å². The zero-order valence-corrected chi connectivity index (χ0v) is 20.4. The van der Waals surface area contributed by atoms with Gasteiger partial charge in [-0.25, -0.2) is 14.5 Å². The number of hydrogen-bond donors (Lipinski definition) is 2. The van der Waals surface area contributed by atoms with Gasteiger partial charge < -0.3 is 14.8 Å². The second kappa shape index (κ2) is 11.1. The lowest BCUT2D eigenvalue weighted by Gasteiger charge is -2.42. The Balaban J connectivity index is 1.86. The Kier molecular flexibility index (Phi) is 8.22. The van der Waals surface area contributed by atoms with Gasteiger partial charge in [0.2, 0.25) is 0 Å². The molecule has 10 heteroatoms. The van der Waals surface area contributed by atoms with E-state index in [0.717, 1.165) is 21.8 Å². The lowest BCUT2D eigenvalue weighted by atomic mass is 10.1. The molecule has 9 nitrogen and oxygen atoms in total. The molecule has 0 saturated carbocycles. The SMILES string of the molecule is CCOc1ccc(NC2NC(=O)N(C[C@H](C)C(=O)OC)C(=O)N2Cc2ccc(Cl)cc2)cc1C. The highest BCUT2D eigenvalue weighted by atomic mass is 35.5. The lowest BCUT2D eigenvalue weighted by molar-refractivity contribution is -0.145. The molecular formula is C24H29ClN4O5. The molecule has 4 amide bonds. The molecule has 1 aliphatic heterocycles. The molecule has 0 aromatic heterocycles. The smallest absolute Gasteiger partial charge is 0.331 e. The van der Waals surface area contributed by atoms with Gasteiger partial charge in [0, 0.05) is 17.3 Å². The number of nitrogens with one attached hydrogen (secondary N) is 2. The van der Waals surface area contributed by atoms with E-state index in [9.17, 15) is 14.4 Å². The van der Waals surface area contributed by atoms with Gasteiger partial charge >= 0.3 is 18.0 Å². The Morgan fingerprint density at radius 1 is 1.21 bits per heavy atom. The molecule has 2 aromatic rings. The summed E-state index contributed by atoms with van der Waals surface area (Å²) in [4.78, 5) is 40.6. The van der Waals surface area contributed by atoms with Gasteiger partial charge in [0.05, 0.1) is 26.2 Å². The van der Waals surface area contributed by atoms with Gasteiger partial charge in [0.25, 0.3) is 0 Å². The van der Waals surface area contributed by atoms with Gasteiger partial charge in [0.15, 0.2) is 6.29 Å². The van der Waals surface area contributed by atoms with Crippen molar-refractivity contribution < 1.29 is 23.9 Å². The summed E-state index contributed by atoms with van der Waals surface area (Å²) in [7, 11) is 1.27. The summed E-state index contributed by atoms with van der Waals surface area (Å²) in [6, 6.07) is 11.5. The highest BCUT2D eigenvalue weighted by Gasteiger charge is 2.39. The van der Waals surface area contributed by atoms with Crippen molar-refractivity contribution in [2.75, 3.05) is 25.6 Å². The first-order valence-electron chi connectivity index (χ1n) is 10.9. The molecule has 1 fully saturated rings. The van der Waals surface area contributed by atoms with Crippen LogP contribution in [0.2, 0.25) is 5.02 Å². The number of esters is 1. The summed E-state index contributed by atoms with van der Waals surface area (Å²) in [6.45, 7) is 6.08. The van der Waals surface area contributed by atoms with Crippen LogP contribution < -0.4 is 15.4 Å². The number of anilines is 1. The Hall–Kier alpha value is -3.46. The number of carbonyl (C=O) groups excluding carboxylic acids is 3. The first kappa shape index (κ1) is 25.2. The number of nitrogens with zero attached hydrogens (tertiary/aromatic N) is 2. The highest BCUT2D eigenvalue weighted by molar-refractivity contribution is 6.30. The van der Waals surface area contributed by atoms with Crippen molar-refractivity contribution in [3.05, 3.63) is 58.6 Å². The highest BCUT2D eigenvalue weighted by Crippen LogP contribution is 2.24. The number of benzene rings is 2.